The summed E-state index contributed by atoms with van der Waals surface area (Å²) in [6.07, 6.45) is 17.9. The predicted molar refractivity (Wildman–Crippen MR) is 68.4 cm³/mol. The summed E-state index contributed by atoms with van der Waals surface area (Å²) in [5, 5.41) is 8.32. The molecule has 0 atom stereocenters. The predicted octanol–water partition coefficient (Wildman–Crippen LogP) is 4.10. The van der Waals surface area contributed by atoms with Crippen LogP contribution < -0.4 is 0 Å². The Kier molecular flexibility index (Phi) is 10.8. The van der Waals surface area contributed by atoms with E-state index < -0.39 is 5.97 Å². The van der Waals surface area contributed by atoms with Crippen molar-refractivity contribution in [2.45, 2.75) is 45.4 Å². The topological polar surface area (TPSA) is 37.3 Å². The van der Waals surface area contributed by atoms with Gasteiger partial charge in [0, 0.05) is 6.08 Å². The molecule has 0 aliphatic heterocycles. The molecule has 0 aromatic carbocycles. The molecule has 0 saturated carbocycles. The number of carboxylic acids is 1. The van der Waals surface area contributed by atoms with Gasteiger partial charge in [-0.1, -0.05) is 63.0 Å². The van der Waals surface area contributed by atoms with Crippen molar-refractivity contribution >= 4 is 5.97 Å². The lowest BCUT2D eigenvalue weighted by molar-refractivity contribution is -0.131. The van der Waals surface area contributed by atoms with E-state index in [-0.39, 0.29) is 0 Å². The maximum Gasteiger partial charge on any atom is 0.328 e. The third-order valence-corrected chi connectivity index (χ3v) is 2.18. The molecule has 0 rings (SSSR count). The van der Waals surface area contributed by atoms with E-state index in [9.17, 15) is 4.79 Å². The van der Waals surface area contributed by atoms with Crippen LogP contribution in [0.1, 0.15) is 45.4 Å². The van der Waals surface area contributed by atoms with Gasteiger partial charge in [0.2, 0.25) is 0 Å². The molecule has 0 aromatic rings. The third-order valence-electron chi connectivity index (χ3n) is 2.18. The van der Waals surface area contributed by atoms with Gasteiger partial charge in [0.25, 0.3) is 0 Å². The second-order valence-electron chi connectivity index (χ2n) is 3.71. The molecule has 0 amide bonds. The van der Waals surface area contributed by atoms with E-state index in [0.29, 0.717) is 0 Å². The summed E-state index contributed by atoms with van der Waals surface area (Å²) in [4.78, 5) is 10.1. The van der Waals surface area contributed by atoms with Crippen molar-refractivity contribution in [3.8, 4) is 0 Å². The average molecular weight is 222 g/mol. The fourth-order valence-electron chi connectivity index (χ4n) is 1.31. The Morgan fingerprint density at radius 2 is 1.69 bits per heavy atom. The van der Waals surface area contributed by atoms with Crippen LogP contribution in [0.2, 0.25) is 0 Å². The molecule has 0 unspecified atom stereocenters. The van der Waals surface area contributed by atoms with Gasteiger partial charge in [0.05, 0.1) is 0 Å². The highest BCUT2D eigenvalue weighted by Crippen LogP contribution is 2.05. The minimum absolute atomic E-state index is 0.912. The quantitative estimate of drug-likeness (QED) is 0.362. The van der Waals surface area contributed by atoms with Crippen LogP contribution in [0.25, 0.3) is 0 Å². The number of rotatable bonds is 9. The van der Waals surface area contributed by atoms with Gasteiger partial charge >= 0.3 is 5.97 Å². The first kappa shape index (κ1) is 14.7. The number of carboxylic acid groups (broad SMARTS) is 1. The van der Waals surface area contributed by atoms with Gasteiger partial charge in [-0.3, -0.25) is 0 Å². The highest BCUT2D eigenvalue weighted by Gasteiger charge is 1.85. The Hall–Kier alpha value is -1.31. The van der Waals surface area contributed by atoms with E-state index in [1.54, 1.807) is 6.08 Å². The summed E-state index contributed by atoms with van der Waals surface area (Å²) >= 11 is 0. The second kappa shape index (κ2) is 11.8. The normalized spacial score (nSPS) is 12.1. The Morgan fingerprint density at radius 3 is 2.38 bits per heavy atom. The number of unbranched alkanes of at least 4 members (excludes halogenated alkanes) is 5. The van der Waals surface area contributed by atoms with Gasteiger partial charge < -0.3 is 5.11 Å². The first-order chi connectivity index (χ1) is 7.77. The van der Waals surface area contributed by atoms with Crippen LogP contribution >= 0.6 is 0 Å². The molecule has 0 saturated heterocycles. The molecule has 16 heavy (non-hydrogen) atoms. The molecular weight excluding hydrogens is 200 g/mol. The maximum atomic E-state index is 10.1. The molecule has 2 nitrogen and oxygen atoms in total. The first-order valence-electron chi connectivity index (χ1n) is 6.00. The molecule has 0 spiro atoms. The van der Waals surface area contributed by atoms with Crippen molar-refractivity contribution in [3.05, 3.63) is 36.5 Å². The molecule has 0 aliphatic rings. The molecule has 2 heteroatoms. The number of allylic oxidation sites excluding steroid dienone is 5. The Bertz CT molecular complexity index is 249. The van der Waals surface area contributed by atoms with Crippen molar-refractivity contribution in [2.75, 3.05) is 0 Å². The van der Waals surface area contributed by atoms with Gasteiger partial charge in [0.15, 0.2) is 0 Å². The van der Waals surface area contributed by atoms with Gasteiger partial charge in [-0.2, -0.15) is 0 Å². The molecule has 0 fully saturated rings. The minimum Gasteiger partial charge on any atom is -0.478 e. The highest BCUT2D eigenvalue weighted by atomic mass is 16.4. The zero-order chi connectivity index (χ0) is 12.1. The molecule has 0 radical (unpaired) electrons. The highest BCUT2D eigenvalue weighted by molar-refractivity contribution is 5.80. The Balaban J connectivity index is 3.37. The molecule has 0 aromatic heterocycles. The van der Waals surface area contributed by atoms with Crippen LogP contribution in [-0.2, 0) is 4.79 Å². The van der Waals surface area contributed by atoms with Crippen LogP contribution in [-0.4, -0.2) is 11.1 Å². The standard InChI is InChI=1S/C14H22O2/c1-2-3-4-5-6-7-8-9-10-11-12-13-14(15)16/h8-13H,2-7H2,1H3,(H,15,16)/b9-8-,11-10-,13-12-. The summed E-state index contributed by atoms with van der Waals surface area (Å²) in [5.74, 6) is -0.912. The average Bonchev–Trinajstić information content (AvgIpc) is 2.25. The molecule has 0 bridgehead atoms. The third kappa shape index (κ3) is 12.7. The summed E-state index contributed by atoms with van der Waals surface area (Å²) in [6, 6.07) is 0. The fourth-order valence-corrected chi connectivity index (χ4v) is 1.31. The SMILES string of the molecule is CCCCCCC\C=C/C=C\C=C/C(=O)O. The Labute approximate surface area is 98.4 Å². The summed E-state index contributed by atoms with van der Waals surface area (Å²) < 4.78 is 0. The van der Waals surface area contributed by atoms with E-state index in [0.717, 1.165) is 12.5 Å². The molecule has 1 N–H and O–H groups in total. The van der Waals surface area contributed by atoms with Crippen LogP contribution in [0.15, 0.2) is 36.5 Å². The lowest BCUT2D eigenvalue weighted by atomic mass is 10.1. The molecule has 0 aliphatic carbocycles. The summed E-state index contributed by atoms with van der Waals surface area (Å²) in [5.41, 5.74) is 0. The van der Waals surface area contributed by atoms with Crippen molar-refractivity contribution in [1.82, 2.24) is 0 Å². The number of aliphatic carboxylic acids is 1. The lowest BCUT2D eigenvalue weighted by Gasteiger charge is -1.95. The smallest absolute Gasteiger partial charge is 0.328 e. The van der Waals surface area contributed by atoms with Crippen LogP contribution in [0.4, 0.5) is 0 Å². The van der Waals surface area contributed by atoms with Crippen molar-refractivity contribution in [1.29, 1.82) is 0 Å². The van der Waals surface area contributed by atoms with Crippen molar-refractivity contribution in [3.63, 3.8) is 0 Å². The van der Waals surface area contributed by atoms with E-state index >= 15 is 0 Å². The molecule has 90 valence electrons. The van der Waals surface area contributed by atoms with E-state index in [4.69, 9.17) is 5.11 Å². The van der Waals surface area contributed by atoms with Crippen molar-refractivity contribution < 1.29 is 9.90 Å². The largest absolute Gasteiger partial charge is 0.478 e. The molecular formula is C14H22O2. The zero-order valence-corrected chi connectivity index (χ0v) is 10.1. The maximum absolute atomic E-state index is 10.1. The van der Waals surface area contributed by atoms with Crippen LogP contribution in [0.3, 0.4) is 0 Å². The minimum atomic E-state index is -0.912. The summed E-state index contributed by atoms with van der Waals surface area (Å²) in [7, 11) is 0. The van der Waals surface area contributed by atoms with Crippen LogP contribution in [0.5, 0.6) is 0 Å². The van der Waals surface area contributed by atoms with Gasteiger partial charge in [-0.25, -0.2) is 4.79 Å². The lowest BCUT2D eigenvalue weighted by Crippen LogP contribution is -1.84. The summed E-state index contributed by atoms with van der Waals surface area (Å²) in [6.45, 7) is 2.22. The molecule has 0 heterocycles. The van der Waals surface area contributed by atoms with Gasteiger partial charge in [-0.05, 0) is 12.8 Å². The number of hydrogen-bond donors (Lipinski definition) is 1. The van der Waals surface area contributed by atoms with Gasteiger partial charge in [0.1, 0.15) is 0 Å². The number of hydrogen-bond acceptors (Lipinski definition) is 1. The Morgan fingerprint density at radius 1 is 1.00 bits per heavy atom. The monoisotopic (exact) mass is 222 g/mol. The van der Waals surface area contributed by atoms with Crippen molar-refractivity contribution in [2.24, 2.45) is 0 Å². The van der Waals surface area contributed by atoms with Crippen LogP contribution in [0, 0.1) is 0 Å². The van der Waals surface area contributed by atoms with E-state index in [1.165, 1.54) is 38.2 Å². The van der Waals surface area contributed by atoms with E-state index in [2.05, 4.69) is 13.0 Å². The number of carbonyl (C=O) groups is 1. The first-order valence-corrected chi connectivity index (χ1v) is 6.00. The van der Waals surface area contributed by atoms with Gasteiger partial charge in [-0.15, -0.1) is 0 Å². The fraction of sp³-hybridized carbons (Fsp3) is 0.500. The van der Waals surface area contributed by atoms with E-state index in [1.807, 2.05) is 12.2 Å². The zero-order valence-electron chi connectivity index (χ0n) is 10.1. The second-order valence-corrected chi connectivity index (χ2v) is 3.71.